The molecule has 1 atom stereocenters. The number of amides is 1. The van der Waals surface area contributed by atoms with E-state index in [1.165, 1.54) is 5.56 Å². The Labute approximate surface area is 119 Å². The van der Waals surface area contributed by atoms with E-state index in [1.54, 1.807) is 4.68 Å². The van der Waals surface area contributed by atoms with E-state index in [0.29, 0.717) is 18.9 Å². The number of carbonyl (C=O) groups is 1. The van der Waals surface area contributed by atoms with E-state index in [2.05, 4.69) is 29.4 Å². The van der Waals surface area contributed by atoms with Crippen LogP contribution < -0.4 is 0 Å². The third-order valence-electron chi connectivity index (χ3n) is 3.79. The molecule has 104 valence electrons. The van der Waals surface area contributed by atoms with Gasteiger partial charge in [0.05, 0.1) is 6.20 Å². The first-order valence-corrected chi connectivity index (χ1v) is 7.00. The van der Waals surface area contributed by atoms with Crippen LogP contribution >= 0.6 is 0 Å². The lowest BCUT2D eigenvalue weighted by Gasteiger charge is -2.15. The van der Waals surface area contributed by atoms with Crippen LogP contribution in [0, 0.1) is 5.92 Å². The van der Waals surface area contributed by atoms with Gasteiger partial charge in [0, 0.05) is 38.3 Å². The number of hydrogen-bond donors (Lipinski definition) is 0. The number of benzene rings is 1. The Morgan fingerprint density at radius 1 is 1.25 bits per heavy atom. The van der Waals surface area contributed by atoms with Crippen LogP contribution in [0.3, 0.4) is 0 Å². The van der Waals surface area contributed by atoms with Crippen molar-refractivity contribution < 1.29 is 4.79 Å². The zero-order valence-electron chi connectivity index (χ0n) is 11.7. The molecule has 3 rings (SSSR count). The van der Waals surface area contributed by atoms with Gasteiger partial charge >= 0.3 is 0 Å². The maximum Gasteiger partial charge on any atom is 0.223 e. The van der Waals surface area contributed by atoms with Gasteiger partial charge in [0.25, 0.3) is 0 Å². The van der Waals surface area contributed by atoms with Gasteiger partial charge in [-0.2, -0.15) is 5.10 Å². The lowest BCUT2D eigenvalue weighted by Crippen LogP contribution is -2.24. The second-order valence-electron chi connectivity index (χ2n) is 5.56. The van der Waals surface area contributed by atoms with Gasteiger partial charge in [0.15, 0.2) is 0 Å². The second kappa shape index (κ2) is 5.49. The van der Waals surface area contributed by atoms with Gasteiger partial charge in [-0.15, -0.1) is 0 Å². The number of likely N-dealkylation sites (tertiary alicyclic amines) is 1. The Hall–Kier alpha value is -2.10. The Morgan fingerprint density at radius 3 is 2.75 bits per heavy atom. The number of rotatable bonds is 4. The first kappa shape index (κ1) is 12.9. The van der Waals surface area contributed by atoms with Crippen molar-refractivity contribution in [3.8, 4) is 0 Å². The van der Waals surface area contributed by atoms with Crippen molar-refractivity contribution in [2.24, 2.45) is 13.0 Å². The van der Waals surface area contributed by atoms with Gasteiger partial charge in [-0.1, -0.05) is 30.3 Å². The summed E-state index contributed by atoms with van der Waals surface area (Å²) >= 11 is 0. The van der Waals surface area contributed by atoms with Crippen molar-refractivity contribution in [3.05, 3.63) is 53.9 Å². The van der Waals surface area contributed by atoms with Crippen molar-refractivity contribution in [3.63, 3.8) is 0 Å². The summed E-state index contributed by atoms with van der Waals surface area (Å²) in [5.41, 5.74) is 2.41. The van der Waals surface area contributed by atoms with E-state index in [1.807, 2.05) is 30.4 Å². The van der Waals surface area contributed by atoms with Crippen LogP contribution in [-0.2, 0) is 24.8 Å². The molecular weight excluding hydrogens is 250 g/mol. The Kier molecular flexibility index (Phi) is 3.54. The lowest BCUT2D eigenvalue weighted by atomic mass is 9.99. The molecule has 1 aromatic carbocycles. The van der Waals surface area contributed by atoms with Gasteiger partial charge in [-0.25, -0.2) is 0 Å². The number of carbonyl (C=O) groups excluding carboxylic acids is 1. The van der Waals surface area contributed by atoms with Crippen LogP contribution in [0.15, 0.2) is 42.7 Å². The highest BCUT2D eigenvalue weighted by atomic mass is 16.2. The normalized spacial score (nSPS) is 18.8. The summed E-state index contributed by atoms with van der Waals surface area (Å²) in [6.45, 7) is 1.53. The van der Waals surface area contributed by atoms with E-state index in [-0.39, 0.29) is 5.91 Å². The van der Waals surface area contributed by atoms with Gasteiger partial charge < -0.3 is 4.90 Å². The molecule has 0 spiro atoms. The monoisotopic (exact) mass is 269 g/mol. The number of hydrogen-bond acceptors (Lipinski definition) is 2. The first-order chi connectivity index (χ1) is 9.70. The first-order valence-electron chi connectivity index (χ1n) is 7.00. The van der Waals surface area contributed by atoms with Crippen LogP contribution in [0.1, 0.15) is 17.5 Å². The van der Waals surface area contributed by atoms with Crippen LogP contribution in [0.5, 0.6) is 0 Å². The summed E-state index contributed by atoms with van der Waals surface area (Å²) in [5.74, 6) is 0.691. The molecule has 1 fully saturated rings. The predicted octanol–water partition coefficient (Wildman–Crippen LogP) is 2.01. The summed E-state index contributed by atoms with van der Waals surface area (Å²) < 4.78 is 1.78. The third kappa shape index (κ3) is 2.90. The smallest absolute Gasteiger partial charge is 0.223 e. The van der Waals surface area contributed by atoms with E-state index >= 15 is 0 Å². The molecule has 0 unspecified atom stereocenters. The topological polar surface area (TPSA) is 38.1 Å². The Morgan fingerprint density at radius 2 is 2.05 bits per heavy atom. The molecule has 0 bridgehead atoms. The number of aryl methyl sites for hydroxylation is 1. The largest absolute Gasteiger partial charge is 0.338 e. The molecule has 4 nitrogen and oxygen atoms in total. The van der Waals surface area contributed by atoms with Crippen molar-refractivity contribution in [2.45, 2.75) is 19.4 Å². The maximum atomic E-state index is 12.1. The molecule has 1 amide bonds. The fourth-order valence-electron chi connectivity index (χ4n) is 2.86. The van der Waals surface area contributed by atoms with Gasteiger partial charge in [-0.3, -0.25) is 9.48 Å². The highest BCUT2D eigenvalue weighted by molar-refractivity contribution is 5.78. The minimum atomic E-state index is 0.259. The predicted molar refractivity (Wildman–Crippen MR) is 76.9 cm³/mol. The molecule has 20 heavy (non-hydrogen) atoms. The maximum absolute atomic E-state index is 12.1. The molecular formula is C16H19N3O. The van der Waals surface area contributed by atoms with Crippen LogP contribution in [0.2, 0.25) is 0 Å². The average molecular weight is 269 g/mol. The molecule has 4 heteroatoms. The number of aromatic nitrogens is 2. The molecule has 2 heterocycles. The zero-order valence-corrected chi connectivity index (χ0v) is 11.7. The molecule has 0 aliphatic carbocycles. The molecule has 1 aliphatic heterocycles. The molecule has 0 saturated carbocycles. The molecule has 0 radical (unpaired) electrons. The van der Waals surface area contributed by atoms with E-state index in [0.717, 1.165) is 18.5 Å². The van der Waals surface area contributed by atoms with Crippen molar-refractivity contribution in [1.82, 2.24) is 14.7 Å². The van der Waals surface area contributed by atoms with Gasteiger partial charge in [-0.05, 0) is 17.9 Å². The minimum absolute atomic E-state index is 0.259. The van der Waals surface area contributed by atoms with Crippen molar-refractivity contribution in [1.29, 1.82) is 0 Å². The van der Waals surface area contributed by atoms with Gasteiger partial charge in [0.2, 0.25) is 5.91 Å². The van der Waals surface area contributed by atoms with Crippen molar-refractivity contribution in [2.75, 3.05) is 6.54 Å². The third-order valence-corrected chi connectivity index (χ3v) is 3.79. The SMILES string of the molecule is Cn1cc(CN2C[C@@H](Cc3ccccc3)CC2=O)cn1. The summed E-state index contributed by atoms with van der Waals surface area (Å²) in [6, 6.07) is 10.4. The molecule has 0 N–H and O–H groups in total. The van der Waals surface area contributed by atoms with E-state index in [9.17, 15) is 4.79 Å². The van der Waals surface area contributed by atoms with Crippen LogP contribution in [0.25, 0.3) is 0 Å². The summed E-state index contributed by atoms with van der Waals surface area (Å²) in [5, 5.41) is 4.15. The molecule has 1 aliphatic rings. The van der Waals surface area contributed by atoms with Gasteiger partial charge in [0.1, 0.15) is 0 Å². The lowest BCUT2D eigenvalue weighted by molar-refractivity contribution is -0.128. The Balaban J connectivity index is 1.60. The van der Waals surface area contributed by atoms with E-state index < -0.39 is 0 Å². The highest BCUT2D eigenvalue weighted by Crippen LogP contribution is 2.23. The average Bonchev–Trinajstić information content (AvgIpc) is 2.98. The summed E-state index contributed by atoms with van der Waals surface area (Å²) in [4.78, 5) is 14.0. The van der Waals surface area contributed by atoms with E-state index in [4.69, 9.17) is 0 Å². The number of nitrogens with zero attached hydrogens (tertiary/aromatic N) is 3. The highest BCUT2D eigenvalue weighted by Gasteiger charge is 2.29. The summed E-state index contributed by atoms with van der Waals surface area (Å²) in [6.07, 6.45) is 5.45. The molecule has 1 aromatic heterocycles. The standard InChI is InChI=1S/C16H19N3O/c1-18-10-15(9-17-18)12-19-11-14(8-16(19)20)7-13-5-3-2-4-6-13/h2-6,9-10,14H,7-8,11-12H2,1H3/t14-/m0/s1. The zero-order chi connectivity index (χ0) is 13.9. The molecule has 2 aromatic rings. The Bertz CT molecular complexity index is 591. The fourth-order valence-corrected chi connectivity index (χ4v) is 2.86. The van der Waals surface area contributed by atoms with Crippen LogP contribution in [-0.4, -0.2) is 27.1 Å². The summed E-state index contributed by atoms with van der Waals surface area (Å²) in [7, 11) is 1.90. The molecule has 1 saturated heterocycles. The minimum Gasteiger partial charge on any atom is -0.338 e. The second-order valence-corrected chi connectivity index (χ2v) is 5.56. The van der Waals surface area contributed by atoms with Crippen LogP contribution in [0.4, 0.5) is 0 Å². The fraction of sp³-hybridized carbons (Fsp3) is 0.375. The van der Waals surface area contributed by atoms with Crippen molar-refractivity contribution >= 4 is 5.91 Å². The quantitative estimate of drug-likeness (QED) is 0.851.